The van der Waals surface area contributed by atoms with E-state index in [-0.39, 0.29) is 0 Å². The van der Waals surface area contributed by atoms with Crippen LogP contribution in [0, 0.1) is 0 Å². The number of aryl methyl sites for hydroxylation is 1. The Kier molecular flexibility index (Phi) is 7.31. The Balaban J connectivity index is 2.94. The lowest BCUT2D eigenvalue weighted by Crippen LogP contribution is -2.27. The number of hydrogen-bond donors (Lipinski definition) is 1. The molecule has 1 rings (SSSR count). The Bertz CT molecular complexity index is 366. The first kappa shape index (κ1) is 16.4. The zero-order valence-corrected chi connectivity index (χ0v) is 13.6. The van der Waals surface area contributed by atoms with Gasteiger partial charge in [-0.3, -0.25) is 4.68 Å². The molecule has 0 aliphatic carbocycles. The van der Waals surface area contributed by atoms with Crippen molar-refractivity contribution < 1.29 is 4.74 Å². The van der Waals surface area contributed by atoms with Crippen LogP contribution in [0.5, 0.6) is 5.75 Å². The summed E-state index contributed by atoms with van der Waals surface area (Å²) in [5.74, 6) is 1.93. The fourth-order valence-electron chi connectivity index (χ4n) is 2.05. The SMILES string of the molecule is CCCn1ncc(OC)c1C(CSC(C)C)NCC. The second-order valence-electron chi connectivity index (χ2n) is 4.81. The van der Waals surface area contributed by atoms with Crippen LogP contribution >= 0.6 is 11.8 Å². The molecule has 1 aromatic rings. The average Bonchev–Trinajstić information content (AvgIpc) is 2.77. The van der Waals surface area contributed by atoms with Crippen molar-refractivity contribution in [3.05, 3.63) is 11.9 Å². The molecule has 0 radical (unpaired) electrons. The average molecular weight is 285 g/mol. The van der Waals surface area contributed by atoms with Gasteiger partial charge >= 0.3 is 0 Å². The molecule has 1 N–H and O–H groups in total. The minimum absolute atomic E-state index is 0.293. The molecule has 0 aliphatic rings. The Morgan fingerprint density at radius 1 is 1.42 bits per heavy atom. The van der Waals surface area contributed by atoms with Gasteiger partial charge in [-0.05, 0) is 18.2 Å². The molecule has 0 bridgehead atoms. The molecule has 0 aromatic carbocycles. The second kappa shape index (κ2) is 8.48. The molecule has 0 fully saturated rings. The highest BCUT2D eigenvalue weighted by Gasteiger charge is 2.21. The predicted molar refractivity (Wildman–Crippen MR) is 83.1 cm³/mol. The van der Waals surface area contributed by atoms with E-state index in [9.17, 15) is 0 Å². The lowest BCUT2D eigenvalue weighted by molar-refractivity contribution is 0.396. The van der Waals surface area contributed by atoms with Crippen LogP contribution in [0.4, 0.5) is 0 Å². The topological polar surface area (TPSA) is 39.1 Å². The van der Waals surface area contributed by atoms with Gasteiger partial charge in [0.2, 0.25) is 0 Å². The lowest BCUT2D eigenvalue weighted by Gasteiger charge is -2.21. The Morgan fingerprint density at radius 3 is 2.68 bits per heavy atom. The van der Waals surface area contributed by atoms with Crippen molar-refractivity contribution in [3.63, 3.8) is 0 Å². The maximum absolute atomic E-state index is 5.47. The molecule has 0 saturated carbocycles. The maximum atomic E-state index is 5.47. The van der Waals surface area contributed by atoms with E-state index >= 15 is 0 Å². The van der Waals surface area contributed by atoms with Crippen LogP contribution in [0.1, 0.15) is 45.9 Å². The monoisotopic (exact) mass is 285 g/mol. The zero-order chi connectivity index (χ0) is 14.3. The third-order valence-electron chi connectivity index (χ3n) is 2.88. The highest BCUT2D eigenvalue weighted by Crippen LogP contribution is 2.28. The molecular weight excluding hydrogens is 258 g/mol. The number of aromatic nitrogens is 2. The number of nitrogens with one attached hydrogen (secondary N) is 1. The summed E-state index contributed by atoms with van der Waals surface area (Å²) in [6.07, 6.45) is 2.91. The molecule has 0 saturated heterocycles. The molecule has 19 heavy (non-hydrogen) atoms. The molecule has 110 valence electrons. The van der Waals surface area contributed by atoms with Crippen molar-refractivity contribution in [1.82, 2.24) is 15.1 Å². The number of methoxy groups -OCH3 is 1. The molecule has 1 unspecified atom stereocenters. The fraction of sp³-hybridized carbons (Fsp3) is 0.786. The summed E-state index contributed by atoms with van der Waals surface area (Å²) in [7, 11) is 1.72. The van der Waals surface area contributed by atoms with E-state index in [1.165, 1.54) is 5.69 Å². The first-order valence-corrected chi connectivity index (χ1v) is 8.13. The molecule has 5 heteroatoms. The number of thioether (sulfide) groups is 1. The van der Waals surface area contributed by atoms with E-state index in [2.05, 4.69) is 42.8 Å². The van der Waals surface area contributed by atoms with E-state index in [0.29, 0.717) is 11.3 Å². The Morgan fingerprint density at radius 2 is 2.16 bits per heavy atom. The van der Waals surface area contributed by atoms with E-state index in [4.69, 9.17) is 4.74 Å². The van der Waals surface area contributed by atoms with Crippen molar-refractivity contribution >= 4 is 11.8 Å². The van der Waals surface area contributed by atoms with Gasteiger partial charge in [0.1, 0.15) is 0 Å². The minimum atomic E-state index is 0.293. The van der Waals surface area contributed by atoms with Crippen LogP contribution in [0.3, 0.4) is 0 Å². The quantitative estimate of drug-likeness (QED) is 0.757. The fourth-order valence-corrected chi connectivity index (χ4v) is 2.90. The van der Waals surface area contributed by atoms with Gasteiger partial charge in [-0.15, -0.1) is 0 Å². The highest BCUT2D eigenvalue weighted by atomic mass is 32.2. The van der Waals surface area contributed by atoms with E-state index < -0.39 is 0 Å². The molecule has 1 atom stereocenters. The van der Waals surface area contributed by atoms with Gasteiger partial charge in [-0.1, -0.05) is 27.7 Å². The van der Waals surface area contributed by atoms with E-state index in [1.54, 1.807) is 7.11 Å². The highest BCUT2D eigenvalue weighted by molar-refractivity contribution is 7.99. The Labute approximate surface area is 121 Å². The molecule has 1 aromatic heterocycles. The smallest absolute Gasteiger partial charge is 0.161 e. The predicted octanol–water partition coefficient (Wildman–Crippen LogP) is 3.09. The minimum Gasteiger partial charge on any atom is -0.493 e. The van der Waals surface area contributed by atoms with Gasteiger partial charge in [-0.25, -0.2) is 0 Å². The zero-order valence-electron chi connectivity index (χ0n) is 12.8. The van der Waals surface area contributed by atoms with Gasteiger partial charge in [0.15, 0.2) is 5.75 Å². The second-order valence-corrected chi connectivity index (χ2v) is 6.42. The van der Waals surface area contributed by atoms with Crippen molar-refractivity contribution in [2.24, 2.45) is 0 Å². The summed E-state index contributed by atoms with van der Waals surface area (Å²) in [6, 6.07) is 0.293. The van der Waals surface area contributed by atoms with Crippen molar-refractivity contribution in [2.75, 3.05) is 19.4 Å². The first-order chi connectivity index (χ1) is 9.13. The summed E-state index contributed by atoms with van der Waals surface area (Å²) < 4.78 is 7.55. The Hall–Kier alpha value is -0.680. The third kappa shape index (κ3) is 4.73. The molecule has 0 spiro atoms. The number of nitrogens with zero attached hydrogens (tertiary/aromatic N) is 2. The van der Waals surface area contributed by atoms with Gasteiger partial charge in [0.25, 0.3) is 0 Å². The van der Waals surface area contributed by atoms with Crippen LogP contribution in [0.25, 0.3) is 0 Å². The number of ether oxygens (including phenoxy) is 1. The summed E-state index contributed by atoms with van der Waals surface area (Å²) in [6.45, 7) is 10.7. The van der Waals surface area contributed by atoms with E-state index in [1.807, 2.05) is 18.0 Å². The lowest BCUT2D eigenvalue weighted by atomic mass is 10.2. The largest absolute Gasteiger partial charge is 0.493 e. The summed E-state index contributed by atoms with van der Waals surface area (Å²) in [4.78, 5) is 0. The van der Waals surface area contributed by atoms with E-state index in [0.717, 1.165) is 31.0 Å². The van der Waals surface area contributed by atoms with Crippen LogP contribution in [0.2, 0.25) is 0 Å². The van der Waals surface area contributed by atoms with Crippen LogP contribution in [-0.4, -0.2) is 34.4 Å². The number of hydrogen-bond acceptors (Lipinski definition) is 4. The summed E-state index contributed by atoms with van der Waals surface area (Å²) in [5.41, 5.74) is 1.18. The van der Waals surface area contributed by atoms with Gasteiger partial charge in [0.05, 0.1) is 25.0 Å². The van der Waals surface area contributed by atoms with Crippen molar-refractivity contribution in [2.45, 2.75) is 52.0 Å². The molecule has 4 nitrogen and oxygen atoms in total. The van der Waals surface area contributed by atoms with Crippen molar-refractivity contribution in [3.8, 4) is 5.75 Å². The molecular formula is C14H27N3OS. The third-order valence-corrected chi connectivity index (χ3v) is 4.07. The number of rotatable bonds is 9. The standard InChI is InChI=1S/C14H27N3OS/c1-6-8-17-14(13(18-5)9-16-17)12(15-7-2)10-19-11(3)4/h9,11-12,15H,6-8,10H2,1-5H3. The normalized spacial score (nSPS) is 12.9. The van der Waals surface area contributed by atoms with Crippen LogP contribution < -0.4 is 10.1 Å². The van der Waals surface area contributed by atoms with Crippen LogP contribution in [0.15, 0.2) is 6.20 Å². The summed E-state index contributed by atoms with van der Waals surface area (Å²) in [5, 5.41) is 8.64. The van der Waals surface area contributed by atoms with Gasteiger partial charge < -0.3 is 10.1 Å². The van der Waals surface area contributed by atoms with Gasteiger partial charge in [0, 0.05) is 12.3 Å². The summed E-state index contributed by atoms with van der Waals surface area (Å²) >= 11 is 1.96. The maximum Gasteiger partial charge on any atom is 0.161 e. The van der Waals surface area contributed by atoms with Crippen molar-refractivity contribution in [1.29, 1.82) is 0 Å². The first-order valence-electron chi connectivity index (χ1n) is 7.08. The van der Waals surface area contributed by atoms with Crippen LogP contribution in [-0.2, 0) is 6.54 Å². The molecule has 1 heterocycles. The van der Waals surface area contributed by atoms with Gasteiger partial charge in [-0.2, -0.15) is 16.9 Å². The molecule has 0 amide bonds. The molecule has 0 aliphatic heterocycles.